The molecule has 4 unspecified atom stereocenters. The molecule has 0 aromatic carbocycles. The van der Waals surface area contributed by atoms with E-state index in [2.05, 4.69) is 37.4 Å². The van der Waals surface area contributed by atoms with Gasteiger partial charge in [0, 0.05) is 0 Å². The van der Waals surface area contributed by atoms with Crippen molar-refractivity contribution >= 4 is 25.3 Å². The molecular formula is C9H12S2. The van der Waals surface area contributed by atoms with Crippen LogP contribution in [0.4, 0.5) is 0 Å². The van der Waals surface area contributed by atoms with E-state index in [9.17, 15) is 0 Å². The lowest BCUT2D eigenvalue weighted by Crippen LogP contribution is -2.47. The molecule has 11 heavy (non-hydrogen) atoms. The summed E-state index contributed by atoms with van der Waals surface area (Å²) in [6.07, 6.45) is 7.39. The molecule has 0 aliphatic heterocycles. The van der Waals surface area contributed by atoms with Gasteiger partial charge in [0.1, 0.15) is 0 Å². The third-order valence-electron chi connectivity index (χ3n) is 3.69. The number of fused-ring (bicyclic) bond motifs is 5. The van der Waals surface area contributed by atoms with Crippen LogP contribution in [0.5, 0.6) is 0 Å². The van der Waals surface area contributed by atoms with E-state index >= 15 is 0 Å². The Bertz CT molecular complexity index is 232. The van der Waals surface area contributed by atoms with E-state index in [-0.39, 0.29) is 4.08 Å². The Kier molecular flexibility index (Phi) is 1.16. The Morgan fingerprint density at radius 3 is 2.45 bits per heavy atom. The van der Waals surface area contributed by atoms with Crippen LogP contribution in [0.25, 0.3) is 0 Å². The molecule has 0 radical (unpaired) electrons. The predicted molar refractivity (Wildman–Crippen MR) is 53.0 cm³/mol. The molecule has 0 saturated heterocycles. The minimum Gasteiger partial charge on any atom is -0.161 e. The van der Waals surface area contributed by atoms with Gasteiger partial charge in [-0.25, -0.2) is 0 Å². The van der Waals surface area contributed by atoms with Crippen LogP contribution >= 0.6 is 25.3 Å². The number of rotatable bonds is 0. The van der Waals surface area contributed by atoms with Gasteiger partial charge in [-0.2, -0.15) is 25.3 Å². The standard InChI is InChI=1S/C9H12S2/c10-9(11)4-7-5-1-2-6(3-5)8(7)9/h1-2,5-8,10-11H,3-4H2. The quantitative estimate of drug-likeness (QED) is 0.322. The molecular weight excluding hydrogens is 172 g/mol. The third-order valence-corrected chi connectivity index (χ3v) is 4.65. The molecule has 60 valence electrons. The van der Waals surface area contributed by atoms with Crippen LogP contribution in [0.15, 0.2) is 12.2 Å². The van der Waals surface area contributed by atoms with E-state index in [0.717, 1.165) is 23.7 Å². The molecule has 2 saturated carbocycles. The molecule has 3 aliphatic carbocycles. The first-order valence-corrected chi connectivity index (χ1v) is 5.21. The van der Waals surface area contributed by atoms with E-state index in [0.29, 0.717) is 0 Å². The Morgan fingerprint density at radius 2 is 1.91 bits per heavy atom. The zero-order valence-corrected chi connectivity index (χ0v) is 8.06. The summed E-state index contributed by atoms with van der Waals surface area (Å²) in [5.74, 6) is 3.41. The number of hydrogen-bond donors (Lipinski definition) is 2. The fraction of sp³-hybridized carbons (Fsp3) is 0.778. The first-order valence-electron chi connectivity index (χ1n) is 4.31. The molecule has 4 atom stereocenters. The largest absolute Gasteiger partial charge is 0.161 e. The molecule has 3 rings (SSSR count). The molecule has 2 heteroatoms. The number of allylic oxidation sites excluding steroid dienone is 2. The van der Waals surface area contributed by atoms with E-state index in [4.69, 9.17) is 0 Å². The zero-order chi connectivity index (χ0) is 7.64. The van der Waals surface area contributed by atoms with Crippen molar-refractivity contribution in [1.82, 2.24) is 0 Å². The van der Waals surface area contributed by atoms with Gasteiger partial charge in [-0.05, 0) is 36.5 Å². The van der Waals surface area contributed by atoms with Crippen molar-refractivity contribution in [3.8, 4) is 0 Å². The van der Waals surface area contributed by atoms with Gasteiger partial charge in [0.15, 0.2) is 0 Å². The maximum atomic E-state index is 4.58. The van der Waals surface area contributed by atoms with Gasteiger partial charge in [0.05, 0.1) is 4.08 Å². The summed E-state index contributed by atoms with van der Waals surface area (Å²) in [4.78, 5) is 0. The average molecular weight is 184 g/mol. The molecule has 0 N–H and O–H groups in total. The average Bonchev–Trinajstić information content (AvgIpc) is 2.41. The van der Waals surface area contributed by atoms with Gasteiger partial charge >= 0.3 is 0 Å². The SMILES string of the molecule is SC1(S)CC2C3C=CC(C3)C21. The van der Waals surface area contributed by atoms with Crippen molar-refractivity contribution in [1.29, 1.82) is 0 Å². The molecule has 0 aromatic rings. The summed E-state index contributed by atoms with van der Waals surface area (Å²) in [7, 11) is 0. The lowest BCUT2D eigenvalue weighted by molar-refractivity contribution is 0.156. The van der Waals surface area contributed by atoms with Crippen molar-refractivity contribution < 1.29 is 0 Å². The van der Waals surface area contributed by atoms with Crippen molar-refractivity contribution in [3.63, 3.8) is 0 Å². The van der Waals surface area contributed by atoms with E-state index < -0.39 is 0 Å². The maximum absolute atomic E-state index is 4.58. The van der Waals surface area contributed by atoms with Crippen LogP contribution in [-0.4, -0.2) is 4.08 Å². The molecule has 0 heterocycles. The monoisotopic (exact) mass is 184 g/mol. The minimum atomic E-state index is 0.0643. The lowest BCUT2D eigenvalue weighted by atomic mass is 9.67. The Labute approximate surface area is 78.3 Å². The zero-order valence-electron chi connectivity index (χ0n) is 6.27. The highest BCUT2D eigenvalue weighted by molar-refractivity contribution is 8.00. The summed E-state index contributed by atoms with van der Waals surface area (Å²) in [5.41, 5.74) is 0. The van der Waals surface area contributed by atoms with Crippen molar-refractivity contribution in [2.45, 2.75) is 16.9 Å². The summed E-state index contributed by atoms with van der Waals surface area (Å²) in [6, 6.07) is 0. The predicted octanol–water partition coefficient (Wildman–Crippen LogP) is 2.38. The summed E-state index contributed by atoms with van der Waals surface area (Å²) in [5, 5.41) is 0. The summed E-state index contributed by atoms with van der Waals surface area (Å²) in [6.45, 7) is 0. The van der Waals surface area contributed by atoms with Crippen molar-refractivity contribution in [2.75, 3.05) is 0 Å². The molecule has 0 nitrogen and oxygen atoms in total. The van der Waals surface area contributed by atoms with E-state index in [1.54, 1.807) is 0 Å². The highest BCUT2D eigenvalue weighted by Crippen LogP contribution is 2.66. The van der Waals surface area contributed by atoms with Gasteiger partial charge < -0.3 is 0 Å². The summed E-state index contributed by atoms with van der Waals surface area (Å²) >= 11 is 9.16. The van der Waals surface area contributed by atoms with E-state index in [1.807, 2.05) is 0 Å². The van der Waals surface area contributed by atoms with Crippen LogP contribution in [0, 0.1) is 23.7 Å². The highest BCUT2D eigenvalue weighted by atomic mass is 32.2. The normalized spacial score (nSPS) is 55.8. The minimum absolute atomic E-state index is 0.0643. The van der Waals surface area contributed by atoms with Gasteiger partial charge in [-0.15, -0.1) is 0 Å². The van der Waals surface area contributed by atoms with Crippen LogP contribution in [0.1, 0.15) is 12.8 Å². The van der Waals surface area contributed by atoms with Gasteiger partial charge in [-0.3, -0.25) is 0 Å². The van der Waals surface area contributed by atoms with Crippen molar-refractivity contribution in [3.05, 3.63) is 12.2 Å². The molecule has 2 bridgehead atoms. The Morgan fingerprint density at radius 1 is 1.18 bits per heavy atom. The van der Waals surface area contributed by atoms with Gasteiger partial charge in [0.25, 0.3) is 0 Å². The Balaban J connectivity index is 1.97. The summed E-state index contributed by atoms with van der Waals surface area (Å²) < 4.78 is 0.0643. The molecule has 0 spiro atoms. The fourth-order valence-electron chi connectivity index (χ4n) is 3.21. The smallest absolute Gasteiger partial charge is 0.0591 e. The third kappa shape index (κ3) is 0.707. The van der Waals surface area contributed by atoms with Gasteiger partial charge in [0.2, 0.25) is 0 Å². The van der Waals surface area contributed by atoms with Crippen molar-refractivity contribution in [2.24, 2.45) is 23.7 Å². The number of hydrogen-bond acceptors (Lipinski definition) is 2. The van der Waals surface area contributed by atoms with Crippen LogP contribution < -0.4 is 0 Å². The van der Waals surface area contributed by atoms with Crippen LogP contribution in [0.3, 0.4) is 0 Å². The Hall–Kier alpha value is 0.440. The van der Waals surface area contributed by atoms with Crippen LogP contribution in [0.2, 0.25) is 0 Å². The molecule has 2 fully saturated rings. The lowest BCUT2D eigenvalue weighted by Gasteiger charge is -2.50. The molecule has 0 aromatic heterocycles. The number of thiol groups is 2. The van der Waals surface area contributed by atoms with E-state index in [1.165, 1.54) is 12.8 Å². The topological polar surface area (TPSA) is 0 Å². The second kappa shape index (κ2) is 1.85. The first-order chi connectivity index (χ1) is 5.18. The molecule has 3 aliphatic rings. The van der Waals surface area contributed by atoms with Gasteiger partial charge in [-0.1, -0.05) is 12.2 Å². The maximum Gasteiger partial charge on any atom is 0.0591 e. The van der Waals surface area contributed by atoms with Crippen LogP contribution in [-0.2, 0) is 0 Å². The first kappa shape index (κ1) is 6.90. The highest BCUT2D eigenvalue weighted by Gasteiger charge is 2.60. The second-order valence-electron chi connectivity index (χ2n) is 4.22. The second-order valence-corrected chi connectivity index (χ2v) is 6.17. The fourth-order valence-corrected chi connectivity index (χ4v) is 4.40. The molecule has 0 amide bonds.